The largest absolute Gasteiger partial charge is 0.507 e. The van der Waals surface area contributed by atoms with Gasteiger partial charge in [-0.25, -0.2) is 23.8 Å². The highest BCUT2D eigenvalue weighted by Gasteiger charge is 2.26. The maximum Gasteiger partial charge on any atom is 0.349 e. The smallest absolute Gasteiger partial charge is 0.349 e. The third-order valence-electron chi connectivity index (χ3n) is 14.3. The van der Waals surface area contributed by atoms with Crippen LogP contribution in [0.15, 0.2) is 258 Å². The van der Waals surface area contributed by atoms with Crippen LogP contribution < -0.4 is 15.8 Å². The highest BCUT2D eigenvalue weighted by atomic mass is 79.9. The Morgan fingerprint density at radius 1 is 0.483 bits per heavy atom. The zero-order valence-corrected chi connectivity index (χ0v) is 72.0. The first kappa shape index (κ1) is 110. The fourth-order valence-corrected chi connectivity index (χ4v) is 11.3. The minimum absolute atomic E-state index is 0. The van der Waals surface area contributed by atoms with Crippen LogP contribution in [0, 0.1) is 0 Å². The van der Waals surface area contributed by atoms with Gasteiger partial charge in [0.1, 0.15) is 57.3 Å². The van der Waals surface area contributed by atoms with Crippen molar-refractivity contribution in [1.29, 1.82) is 0 Å². The predicted octanol–water partition coefficient (Wildman–Crippen LogP) is 27.4. The molecule has 0 spiro atoms. The van der Waals surface area contributed by atoms with Gasteiger partial charge in [-0.1, -0.05) is 267 Å². The number of Topliss-reactive ketones (excluding diaryl/α,β-unsaturated/α-hetero) is 2. The number of phenolic OH excluding ortho intramolecular Hbond substituents is 2. The van der Waals surface area contributed by atoms with Gasteiger partial charge in [-0.3, -0.25) is 19.2 Å². The summed E-state index contributed by atoms with van der Waals surface area (Å²) in [5.74, 6) is -2.94. The number of rotatable bonds is 18. The fraction of sp³-hybridized carbons (Fsp3) is 0.143. The number of nitrogens with two attached hydrogens (primary N) is 1. The number of esters is 1. The number of carbonyl (C=O) groups excluding carboxylic acids is 4. The highest BCUT2D eigenvalue weighted by molar-refractivity contribution is 9.11. The van der Waals surface area contributed by atoms with Crippen molar-refractivity contribution in [3.63, 3.8) is 0 Å². The Labute approximate surface area is 768 Å². The predicted molar refractivity (Wildman–Crippen MR) is 496 cm³/mol. The number of oxazole rings is 2. The molecule has 630 valence electrons. The minimum atomic E-state index is -1.67. The Morgan fingerprint density at radius 2 is 0.839 bits per heavy atom. The van der Waals surface area contributed by atoms with Gasteiger partial charge in [0.25, 0.3) is 5.91 Å². The molecule has 10 aromatic carbocycles. The number of alkyl halides is 1. The van der Waals surface area contributed by atoms with Crippen LogP contribution in [0.4, 0.5) is 0 Å². The molecule has 0 fully saturated rings. The topological polar surface area (TPSA) is 329 Å². The number of phenols is 3. The molecule has 2 unspecified atom stereocenters. The molecule has 0 saturated carbocycles. The molecule has 8 N–H and O–H groups in total. The quantitative estimate of drug-likeness (QED) is 0.0182. The normalized spacial score (nSPS) is 10.3. The maximum atomic E-state index is 11.9. The van der Waals surface area contributed by atoms with Crippen molar-refractivity contribution in [2.24, 2.45) is 5.73 Å². The van der Waals surface area contributed by atoms with E-state index in [2.05, 4.69) is 116 Å². The Hall–Kier alpha value is -8.13. The summed E-state index contributed by atoms with van der Waals surface area (Å²) in [6.45, 7) is 2.07. The van der Waals surface area contributed by atoms with Gasteiger partial charge in [0.2, 0.25) is 27.1 Å². The summed E-state index contributed by atoms with van der Waals surface area (Å²) in [6.07, 6.45) is 1.83. The number of hydrogen-bond donors (Lipinski definition) is 7. The first-order chi connectivity index (χ1) is 53.2. The number of ketones is 2. The number of nitrogens with zero attached hydrogens (tertiary/aromatic N) is 2. The summed E-state index contributed by atoms with van der Waals surface area (Å²) in [5, 5.41) is 51.8. The zero-order valence-electron chi connectivity index (χ0n) is 57.2. The lowest BCUT2D eigenvalue weighted by Gasteiger charge is -2.17. The van der Waals surface area contributed by atoms with E-state index < -0.39 is 38.0 Å². The summed E-state index contributed by atoms with van der Waals surface area (Å²) >= 11 is 51.6. The van der Waals surface area contributed by atoms with E-state index in [0.717, 1.165) is 34.6 Å². The second-order valence-electron chi connectivity index (χ2n) is 22.0. The molecule has 1 amide bonds. The number of halogens is 13. The molecule has 0 aliphatic carbocycles. The lowest BCUT2D eigenvalue weighted by Crippen LogP contribution is -2.29. The van der Waals surface area contributed by atoms with Gasteiger partial charge in [-0.2, -0.15) is 0 Å². The number of carboxylic acids is 2. The first-order valence-corrected chi connectivity index (χ1v) is 40.8. The fourth-order valence-electron chi connectivity index (χ4n) is 8.88. The molecule has 0 radical (unpaired) electrons. The van der Waals surface area contributed by atoms with E-state index in [1.165, 1.54) is 48.7 Å². The van der Waals surface area contributed by atoms with Gasteiger partial charge in [0.15, 0.2) is 11.6 Å². The van der Waals surface area contributed by atoms with Crippen LogP contribution in [0.3, 0.4) is 0 Å². The molecule has 118 heavy (non-hydrogen) atoms. The van der Waals surface area contributed by atoms with Gasteiger partial charge in [-0.15, -0.1) is 0 Å². The lowest BCUT2D eigenvalue weighted by atomic mass is 10.1. The van der Waals surface area contributed by atoms with Crippen LogP contribution in [0.2, 0.25) is 30.1 Å². The van der Waals surface area contributed by atoms with E-state index in [1.54, 1.807) is 128 Å². The SMILES string of the molecule is C.C.C.C.C.C.CCOC(=O)C(Br)c1ccc(Cl)cc1.NCC(=O)c1ccc(Br)cc1.O=C(CNC(=O)c1cc(Cl)ccc1O)c1ccc(Br)cc1.O=C(O)C(Oc1ccc(Cl)cc1-c1nc(-c2ccc(Br)cc2)co1)c1ccc(Cl)cc1.O=C(O)c1cc(Cl)ccc1O.O=S(Cl)Cl.Oc1ccc(Cl)cc1-c1nc(-c2ccc(Br)cc2)co1. The third-order valence-corrected chi connectivity index (χ3v) is 18.7. The number of aliphatic carboxylic acids is 1. The van der Waals surface area contributed by atoms with Gasteiger partial charge < -0.3 is 54.9 Å². The van der Waals surface area contributed by atoms with Crippen molar-refractivity contribution in [2.45, 2.75) is 62.4 Å². The number of hydrogen-bond acceptors (Lipinski definition) is 17. The molecule has 0 bridgehead atoms. The number of ether oxygens (including phenoxy) is 2. The van der Waals surface area contributed by atoms with E-state index in [9.17, 15) is 44.1 Å². The van der Waals surface area contributed by atoms with E-state index in [-0.39, 0.29) is 115 Å². The summed E-state index contributed by atoms with van der Waals surface area (Å²) in [4.78, 5) is 76.9. The number of benzene rings is 10. The van der Waals surface area contributed by atoms with Gasteiger partial charge in [-0.05, 0) is 158 Å². The molecule has 12 rings (SSSR count). The van der Waals surface area contributed by atoms with Crippen molar-refractivity contribution in [1.82, 2.24) is 15.3 Å². The number of amides is 1. The van der Waals surface area contributed by atoms with Crippen molar-refractivity contribution in [3.8, 4) is 68.4 Å². The second-order valence-corrected chi connectivity index (χ2v) is 31.7. The van der Waals surface area contributed by atoms with Crippen LogP contribution in [-0.4, -0.2) is 94.8 Å². The third kappa shape index (κ3) is 36.4. The van der Waals surface area contributed by atoms with E-state index in [1.807, 2.05) is 60.7 Å². The van der Waals surface area contributed by atoms with E-state index in [0.29, 0.717) is 81.8 Å². The molecular formula is C84H81Br5Cl8N4O16S. The van der Waals surface area contributed by atoms with Crippen molar-refractivity contribution < 1.29 is 76.8 Å². The van der Waals surface area contributed by atoms with Gasteiger partial charge in [0.05, 0.1) is 36.4 Å². The van der Waals surface area contributed by atoms with Crippen LogP contribution in [0.5, 0.6) is 23.0 Å². The maximum absolute atomic E-state index is 11.9. The van der Waals surface area contributed by atoms with Crippen LogP contribution in [-0.2, 0) is 23.6 Å². The number of aromatic carboxylic acids is 1. The Morgan fingerprint density at radius 3 is 1.25 bits per heavy atom. The Kier molecular flexibility index (Phi) is 51.8. The summed E-state index contributed by atoms with van der Waals surface area (Å²) in [5.41, 5.74) is 11.5. The van der Waals surface area contributed by atoms with Crippen LogP contribution >= 0.6 is 171 Å². The standard InChI is InChI=1S/C23H14BrCl2NO4.C15H11BrClNO3.C15H9BrClNO2.C10H10BrClO2.C8H8BrNO.C7H5ClO3.6CH4.Cl2OS/c24-15-5-1-13(2-6-15)19-12-30-22(27-19)18-11-17(26)9-10-20(18)31-21(23(28)29)14-3-7-16(25)8-4-14;16-10-3-1-9(2-4-10)14(20)8-18-15(21)12-7-11(17)5-6-13(12)19;16-10-3-1-9(2-4-10)13-8-20-15(18-13)12-7-11(17)5-6-14(12)19;1-2-14-10(13)9(11)7-3-5-8(12)6-4-7;9-7-3-1-6(2-4-7)8(11)5-10;8-4-1-2-6(9)5(3-4)7(10)11;;;;;;;1-4(2)3/h1-12,21H,(H,28,29);1-7,19H,8H2,(H,18,21);1-8,19H;3-6,9H,2H2,1H3;1-4H,5,10H2;1-3,9H,(H,10,11);6*1H4;. The number of aromatic hydroxyl groups is 3. The van der Waals surface area contributed by atoms with Gasteiger partial charge >= 0.3 is 17.9 Å². The lowest BCUT2D eigenvalue weighted by molar-refractivity contribution is -0.145. The minimum Gasteiger partial charge on any atom is -0.507 e. The molecular weight excluding hydrogens is 2040 g/mol. The molecule has 12 aromatic rings. The molecule has 2 atom stereocenters. The average molecular weight is 2120 g/mol. The number of carbonyl (C=O) groups is 6. The molecule has 0 saturated heterocycles. The van der Waals surface area contributed by atoms with Crippen molar-refractivity contribution in [3.05, 3.63) is 312 Å². The van der Waals surface area contributed by atoms with Crippen molar-refractivity contribution in [2.75, 3.05) is 19.7 Å². The molecule has 20 nitrogen and oxygen atoms in total. The summed E-state index contributed by atoms with van der Waals surface area (Å²) < 4.78 is 34.7. The summed E-state index contributed by atoms with van der Waals surface area (Å²) in [6, 6.07) is 60.4. The number of carboxylic acid groups (broad SMARTS) is 2. The Balaban J connectivity index is 0.00000141. The van der Waals surface area contributed by atoms with Crippen LogP contribution in [0.25, 0.3) is 45.4 Å². The van der Waals surface area contributed by atoms with Crippen molar-refractivity contribution >= 4 is 215 Å². The summed E-state index contributed by atoms with van der Waals surface area (Å²) in [7, 11) is 7.36. The number of aromatic nitrogens is 2. The average Bonchev–Trinajstić information content (AvgIpc) is 1.61. The molecule has 0 aliphatic heterocycles. The molecule has 2 aromatic heterocycles. The highest BCUT2D eigenvalue weighted by Crippen LogP contribution is 2.38. The molecule has 0 aliphatic rings. The Bertz CT molecular complexity index is 5200. The first-order valence-electron chi connectivity index (χ1n) is 31.7. The van der Waals surface area contributed by atoms with Gasteiger partial charge in [0, 0.05) is 97.2 Å². The molecule has 2 heterocycles. The monoisotopic (exact) mass is 2110 g/mol. The number of nitrogens with one attached hydrogen (secondary N) is 1. The molecule has 34 heteroatoms. The van der Waals surface area contributed by atoms with Crippen LogP contribution in [0.1, 0.15) is 115 Å². The second kappa shape index (κ2) is 55.7. The zero-order chi connectivity index (χ0) is 82.3. The van der Waals surface area contributed by atoms with E-state index in [4.69, 9.17) is 108 Å². The van der Waals surface area contributed by atoms with E-state index >= 15 is 0 Å².